The Labute approximate surface area is 612 Å². The number of sulfone groups is 1. The Kier molecular flexibility index (Phi) is 26.3. The van der Waals surface area contributed by atoms with E-state index in [2.05, 4.69) is 72.3 Å². The molecule has 30 heteroatoms. The fourth-order valence-electron chi connectivity index (χ4n) is 13.4. The second-order valence-electron chi connectivity index (χ2n) is 26.9. The Bertz CT molecular complexity index is 4010. The van der Waals surface area contributed by atoms with Crippen LogP contribution in [0.15, 0.2) is 147 Å². The van der Waals surface area contributed by atoms with Crippen molar-refractivity contribution in [2.24, 2.45) is 5.41 Å². The summed E-state index contributed by atoms with van der Waals surface area (Å²) in [7, 11) is -5.87. The Morgan fingerprint density at radius 3 is 2.21 bits per heavy atom. The summed E-state index contributed by atoms with van der Waals surface area (Å²) in [6, 6.07) is 32.0. The molecule has 6 N–H and O–H groups in total. The molecule has 0 aromatic heterocycles. The van der Waals surface area contributed by atoms with E-state index in [-0.39, 0.29) is 52.5 Å². The molecule has 3 saturated heterocycles. The zero-order valence-corrected chi connectivity index (χ0v) is 60.9. The number of carbonyl (C=O) groups is 6. The first-order valence-corrected chi connectivity index (χ1v) is 38.4. The van der Waals surface area contributed by atoms with Gasteiger partial charge in [0.15, 0.2) is 0 Å². The number of anilines is 3. The molecule has 5 heterocycles. The maximum absolute atomic E-state index is 14.5. The average Bonchev–Trinajstić information content (AvgIpc) is 1.64. The zero-order valence-electron chi connectivity index (χ0n) is 57.7. The predicted molar refractivity (Wildman–Crippen MR) is 391 cm³/mol. The lowest BCUT2D eigenvalue weighted by atomic mass is 9.73. The maximum atomic E-state index is 14.5. The van der Waals surface area contributed by atoms with Gasteiger partial charge in [-0.2, -0.15) is 13.2 Å². The number of imide groups is 2. The smallest absolute Gasteiger partial charge is 0.382 e. The third kappa shape index (κ3) is 20.4. The first-order chi connectivity index (χ1) is 49.5. The lowest BCUT2D eigenvalue weighted by Crippen LogP contribution is -2.54. The van der Waals surface area contributed by atoms with Gasteiger partial charge in [0.1, 0.15) is 10.9 Å². The van der Waals surface area contributed by atoms with Crippen molar-refractivity contribution in [2.45, 2.75) is 97.5 Å². The summed E-state index contributed by atoms with van der Waals surface area (Å²) in [4.78, 5) is 87.3. The number of rotatable bonds is 33. The van der Waals surface area contributed by atoms with Gasteiger partial charge < -0.3 is 40.1 Å². The van der Waals surface area contributed by atoms with Crippen molar-refractivity contribution in [3.63, 3.8) is 0 Å². The van der Waals surface area contributed by atoms with Crippen LogP contribution in [0, 0.1) is 5.41 Å². The number of nitrogens with zero attached hydrogens (tertiary/aromatic N) is 6. The van der Waals surface area contributed by atoms with Crippen molar-refractivity contribution in [1.82, 2.24) is 45.6 Å². The molecule has 552 valence electrons. The minimum atomic E-state index is -5.87. The number of fused-ring (bicyclic) bond motifs is 1. The molecular formula is C73H88ClF3N12O11S3. The van der Waals surface area contributed by atoms with E-state index >= 15 is 0 Å². The van der Waals surface area contributed by atoms with E-state index in [1.54, 1.807) is 24.3 Å². The number of hydrazine groups is 2. The van der Waals surface area contributed by atoms with E-state index < -0.39 is 61.9 Å². The second-order valence-corrected chi connectivity index (χ2v) is 31.2. The highest BCUT2D eigenvalue weighted by atomic mass is 35.5. The monoisotopic (exact) mass is 1500 g/mol. The number of piperazine rings is 2. The quantitative estimate of drug-likeness (QED) is 0.00989. The first-order valence-electron chi connectivity index (χ1n) is 34.8. The number of allylic oxidation sites excluding steroid dienone is 1. The number of alkyl halides is 3. The van der Waals surface area contributed by atoms with Crippen molar-refractivity contribution in [1.29, 1.82) is 0 Å². The number of carbonyl (C=O) groups excluding carboxylic acids is 6. The summed E-state index contributed by atoms with van der Waals surface area (Å²) < 4.78 is 90.1. The number of benzene rings is 5. The van der Waals surface area contributed by atoms with E-state index in [4.69, 9.17) is 25.8 Å². The zero-order chi connectivity index (χ0) is 72.7. The van der Waals surface area contributed by atoms with Gasteiger partial charge in [-0.3, -0.25) is 58.5 Å². The molecule has 6 aliphatic rings. The van der Waals surface area contributed by atoms with Crippen LogP contribution in [0.3, 0.4) is 0 Å². The van der Waals surface area contributed by atoms with Gasteiger partial charge in [-0.25, -0.2) is 8.42 Å². The van der Waals surface area contributed by atoms with Crippen LogP contribution in [0.25, 0.3) is 5.57 Å². The topological polar surface area (TPSA) is 256 Å². The molecule has 103 heavy (non-hydrogen) atoms. The molecule has 11 rings (SSSR count). The van der Waals surface area contributed by atoms with Gasteiger partial charge in [0.2, 0.25) is 17.7 Å². The summed E-state index contributed by atoms with van der Waals surface area (Å²) in [5.41, 5.74) is 7.60. The Morgan fingerprint density at radius 2 is 1.49 bits per heavy atom. The van der Waals surface area contributed by atoms with Crippen LogP contribution < -0.4 is 36.5 Å². The van der Waals surface area contributed by atoms with E-state index in [1.165, 1.54) is 46.7 Å². The van der Waals surface area contributed by atoms with Crippen LogP contribution in [0.4, 0.5) is 30.2 Å². The number of nitrogens with one attached hydrogen (secondary N) is 6. The normalized spacial score (nSPS) is 18.6. The minimum Gasteiger partial charge on any atom is -0.382 e. The van der Waals surface area contributed by atoms with E-state index in [1.807, 2.05) is 70.7 Å². The first kappa shape index (κ1) is 76.4. The third-order valence-electron chi connectivity index (χ3n) is 19.0. The van der Waals surface area contributed by atoms with Gasteiger partial charge in [-0.05, 0) is 146 Å². The number of thioether (sulfide) groups is 1. The van der Waals surface area contributed by atoms with Crippen molar-refractivity contribution in [2.75, 3.05) is 139 Å². The second kappa shape index (κ2) is 35.4. The molecule has 2 atom stereocenters. The van der Waals surface area contributed by atoms with E-state index in [9.17, 15) is 50.4 Å². The van der Waals surface area contributed by atoms with Gasteiger partial charge in [0, 0.05) is 141 Å². The molecule has 5 aromatic rings. The molecule has 1 unspecified atom stereocenters. The van der Waals surface area contributed by atoms with Gasteiger partial charge in [-0.15, -0.1) is 17.3 Å². The van der Waals surface area contributed by atoms with Gasteiger partial charge in [0.25, 0.3) is 27.6 Å². The number of piperidine rings is 1. The lowest BCUT2D eigenvalue weighted by molar-refractivity contribution is -0.136. The molecule has 5 aliphatic heterocycles. The van der Waals surface area contributed by atoms with Crippen LogP contribution in [-0.4, -0.2) is 210 Å². The summed E-state index contributed by atoms with van der Waals surface area (Å²) in [5.74, 6) is -2.35. The summed E-state index contributed by atoms with van der Waals surface area (Å²) in [6.07, 6.45) is 6.55. The number of hydrogen-bond acceptors (Lipinski definition) is 21. The summed E-state index contributed by atoms with van der Waals surface area (Å²) in [6.45, 7) is 14.4. The number of ether oxygens (including phenoxy) is 3. The predicted octanol–water partition coefficient (Wildman–Crippen LogP) is 9.47. The molecular weight excluding hydrogens is 1410 g/mol. The van der Waals surface area contributed by atoms with Crippen LogP contribution in [0.1, 0.15) is 102 Å². The summed E-state index contributed by atoms with van der Waals surface area (Å²) >= 11 is 8.46. The highest BCUT2D eigenvalue weighted by molar-refractivity contribution is 7.99. The van der Waals surface area contributed by atoms with Gasteiger partial charge in [-0.1, -0.05) is 67.4 Å². The molecule has 6 amide bonds. The maximum Gasteiger partial charge on any atom is 0.501 e. The van der Waals surface area contributed by atoms with Crippen molar-refractivity contribution >= 4 is 103 Å². The fraction of sp³-hybridized carbons (Fsp3) is 0.452. The fourth-order valence-corrected chi connectivity index (χ4v) is 16.2. The molecule has 0 saturated carbocycles. The molecule has 0 spiro atoms. The highest BCUT2D eigenvalue weighted by Crippen LogP contribution is 2.44. The van der Waals surface area contributed by atoms with Crippen LogP contribution >= 0.6 is 35.3 Å². The van der Waals surface area contributed by atoms with Crippen LogP contribution in [0.2, 0.25) is 5.02 Å². The Hall–Kier alpha value is -7.71. The van der Waals surface area contributed by atoms with Crippen molar-refractivity contribution in [3.8, 4) is 0 Å². The number of hydrogen-bond donors (Lipinski definition) is 6. The van der Waals surface area contributed by atoms with Crippen molar-refractivity contribution < 1.29 is 64.6 Å². The summed E-state index contributed by atoms with van der Waals surface area (Å²) in [5, 5.41) is 11.1. The molecule has 0 radical (unpaired) electrons. The Morgan fingerprint density at radius 1 is 0.767 bits per heavy atom. The average molecular weight is 1500 g/mol. The van der Waals surface area contributed by atoms with Gasteiger partial charge >= 0.3 is 5.51 Å². The molecule has 23 nitrogen and oxygen atoms in total. The number of halogens is 4. The molecule has 3 fully saturated rings. The number of amides is 6. The van der Waals surface area contributed by atoms with Crippen molar-refractivity contribution in [3.05, 3.63) is 160 Å². The third-order valence-corrected chi connectivity index (χ3v) is 22.7. The molecule has 5 aromatic carbocycles. The van der Waals surface area contributed by atoms with Crippen LogP contribution in [0.5, 0.6) is 0 Å². The standard InChI is InChI=1S/C73H88ClF3N12O11S3/c1-72(2)27-25-59(50-13-17-53(74)18-14-50)52(45-72)46-85-33-35-86(36-34-85)56-19-15-51(16-20-56)68(92)82-102-58-21-22-61(64(44-58)103(96,97)73(75,76)77)79-54(49-101-57-8-4-3-5-9-57)26-30-84-31-37-87(38-32-84)66(91)12-7-29-88-47-55(81-83-88)48-100-43-42-99-41-40-98-39-28-78-62-11-6-10-60-67(62)71(95)89(70(60)94)63-23-24-65(90)80-69(63)93/h3-6,8-11,13-22,44,47,54,63,78-79,81,83H,7,12,23-43,45-46,48-49H2,1-2H3,(H,82,92)(H,80,90,93)/t54-,63?/m1/s1. The van der Waals surface area contributed by atoms with Crippen LogP contribution in [-0.2, 0) is 38.4 Å². The molecule has 1 aliphatic carbocycles. The minimum absolute atomic E-state index is 0.0281. The van der Waals surface area contributed by atoms with Gasteiger partial charge in [0.05, 0.1) is 62.2 Å². The Balaban J connectivity index is 0.579. The highest BCUT2D eigenvalue weighted by Gasteiger charge is 2.49. The largest absolute Gasteiger partial charge is 0.501 e. The van der Waals surface area contributed by atoms with E-state index in [0.717, 1.165) is 96.2 Å². The SMILES string of the molecule is CC1(C)CCC(c2ccc(Cl)cc2)=C(CN2CCN(c3ccc(C(=O)NSc4ccc(N[C@H](CCN5CCN(C(=O)CCCN6C=C(COCCOCCOCCNc7cccc8c7C(=O)N(C7CCC(=O)NC7=O)C8=O)NN6)CC5)CSc5ccccc5)c(S(=O)(=O)C(F)(F)F)c4)cc3)CC2)C1. The lowest BCUT2D eigenvalue weighted by Gasteiger charge is -2.39. The van der Waals surface area contributed by atoms with E-state index in [0.29, 0.717) is 115 Å². The molecule has 0 bridgehead atoms.